The van der Waals surface area contributed by atoms with Crippen LogP contribution in [0.2, 0.25) is 0 Å². The Morgan fingerprint density at radius 3 is 2.14 bits per heavy atom. The van der Waals surface area contributed by atoms with Crippen LogP contribution >= 0.6 is 0 Å². The fourth-order valence-electron chi connectivity index (χ4n) is 3.52. The SMILES string of the molecule is Cc1ccc(-c2ccc(N(C3=CCCC=C=C3)c3cccc(C)c3)cc2)cc1. The fraction of sp³-hybridized carbons (Fsp3) is 0.148. The van der Waals surface area contributed by atoms with Crippen molar-refractivity contribution in [1.29, 1.82) is 0 Å². The molecule has 0 aliphatic heterocycles. The van der Waals surface area contributed by atoms with E-state index in [1.165, 1.54) is 33.6 Å². The van der Waals surface area contributed by atoms with E-state index in [0.29, 0.717) is 0 Å². The number of aryl methyl sites for hydroxylation is 2. The van der Waals surface area contributed by atoms with Crippen LogP contribution in [0.1, 0.15) is 24.0 Å². The molecule has 0 N–H and O–H groups in total. The van der Waals surface area contributed by atoms with Crippen molar-refractivity contribution in [3.8, 4) is 11.1 Å². The highest BCUT2D eigenvalue weighted by Crippen LogP contribution is 2.33. The van der Waals surface area contributed by atoms with Gasteiger partial charge in [-0.25, -0.2) is 0 Å². The van der Waals surface area contributed by atoms with Crippen molar-refractivity contribution in [2.45, 2.75) is 26.7 Å². The summed E-state index contributed by atoms with van der Waals surface area (Å²) in [5.41, 5.74) is 11.8. The number of anilines is 2. The molecule has 1 aliphatic rings. The number of benzene rings is 3. The van der Waals surface area contributed by atoms with E-state index in [4.69, 9.17) is 0 Å². The lowest BCUT2D eigenvalue weighted by atomic mass is 10.0. The first-order chi connectivity index (χ1) is 13.7. The molecule has 0 bridgehead atoms. The Hall–Kier alpha value is -3.28. The molecule has 0 spiro atoms. The molecule has 3 aromatic carbocycles. The van der Waals surface area contributed by atoms with Crippen LogP contribution in [0.15, 0.2) is 102 Å². The van der Waals surface area contributed by atoms with E-state index in [-0.39, 0.29) is 0 Å². The molecule has 1 aliphatic carbocycles. The molecule has 0 atom stereocenters. The van der Waals surface area contributed by atoms with Crippen molar-refractivity contribution in [3.63, 3.8) is 0 Å². The third-order valence-electron chi connectivity index (χ3n) is 5.04. The molecule has 28 heavy (non-hydrogen) atoms. The van der Waals surface area contributed by atoms with Crippen molar-refractivity contribution in [3.05, 3.63) is 114 Å². The number of nitrogens with zero attached hydrogens (tertiary/aromatic N) is 1. The first-order valence-electron chi connectivity index (χ1n) is 9.86. The summed E-state index contributed by atoms with van der Waals surface area (Å²) < 4.78 is 0. The summed E-state index contributed by atoms with van der Waals surface area (Å²) >= 11 is 0. The number of hydrogen-bond donors (Lipinski definition) is 0. The van der Waals surface area contributed by atoms with Crippen LogP contribution in [0.5, 0.6) is 0 Å². The van der Waals surface area contributed by atoms with E-state index >= 15 is 0 Å². The molecule has 0 radical (unpaired) electrons. The van der Waals surface area contributed by atoms with Crippen LogP contribution in [-0.2, 0) is 0 Å². The van der Waals surface area contributed by atoms with E-state index in [1.54, 1.807) is 0 Å². The zero-order valence-electron chi connectivity index (χ0n) is 16.5. The molecule has 0 saturated carbocycles. The largest absolute Gasteiger partial charge is 0.310 e. The highest BCUT2D eigenvalue weighted by molar-refractivity contribution is 5.74. The van der Waals surface area contributed by atoms with Crippen LogP contribution in [-0.4, -0.2) is 0 Å². The van der Waals surface area contributed by atoms with Gasteiger partial charge in [-0.1, -0.05) is 60.2 Å². The summed E-state index contributed by atoms with van der Waals surface area (Å²) in [5.74, 6) is 0. The summed E-state index contributed by atoms with van der Waals surface area (Å²) in [4.78, 5) is 2.32. The van der Waals surface area contributed by atoms with Crippen LogP contribution < -0.4 is 4.90 Å². The Labute approximate surface area is 168 Å². The maximum atomic E-state index is 3.31. The minimum atomic E-state index is 1.03. The Morgan fingerprint density at radius 1 is 0.714 bits per heavy atom. The fourth-order valence-corrected chi connectivity index (χ4v) is 3.52. The van der Waals surface area contributed by atoms with E-state index < -0.39 is 0 Å². The van der Waals surface area contributed by atoms with Crippen molar-refractivity contribution in [1.82, 2.24) is 0 Å². The molecule has 0 aromatic heterocycles. The molecule has 3 aromatic rings. The van der Waals surface area contributed by atoms with E-state index in [1.807, 2.05) is 0 Å². The average molecular weight is 364 g/mol. The second kappa shape index (κ2) is 8.17. The highest BCUT2D eigenvalue weighted by atomic mass is 15.1. The van der Waals surface area contributed by atoms with E-state index in [9.17, 15) is 0 Å². The Morgan fingerprint density at radius 2 is 1.43 bits per heavy atom. The lowest BCUT2D eigenvalue weighted by molar-refractivity contribution is 1.04. The molecule has 0 heterocycles. The van der Waals surface area contributed by atoms with E-state index in [0.717, 1.165) is 18.5 Å². The molecule has 1 heteroatoms. The van der Waals surface area contributed by atoms with Gasteiger partial charge in [-0.15, -0.1) is 5.73 Å². The number of rotatable bonds is 4. The van der Waals surface area contributed by atoms with Gasteiger partial charge in [0.15, 0.2) is 0 Å². The predicted molar refractivity (Wildman–Crippen MR) is 120 cm³/mol. The molecule has 1 nitrogen and oxygen atoms in total. The Kier molecular flexibility index (Phi) is 5.28. The Bertz CT molecular complexity index is 1050. The van der Waals surface area contributed by atoms with Gasteiger partial charge < -0.3 is 4.90 Å². The summed E-state index contributed by atoms with van der Waals surface area (Å²) in [6.07, 6.45) is 8.56. The van der Waals surface area contributed by atoms with Crippen LogP contribution in [0.3, 0.4) is 0 Å². The van der Waals surface area contributed by atoms with Gasteiger partial charge in [-0.05, 0) is 73.7 Å². The topological polar surface area (TPSA) is 3.24 Å². The standard InChI is InChI=1S/C27H25N/c1-21-12-14-23(15-13-21)24-16-18-26(19-17-24)28(25-9-5-3-4-6-10-25)27-11-7-8-22(2)20-27/h3,7-20H,4,6H2,1-2H3. The molecule has 0 unspecified atom stereocenters. The van der Waals surface area contributed by atoms with Gasteiger partial charge in [-0.3, -0.25) is 0 Å². The zero-order valence-corrected chi connectivity index (χ0v) is 16.5. The predicted octanol–water partition coefficient (Wildman–Crippen LogP) is 7.50. The van der Waals surface area contributed by atoms with Gasteiger partial charge in [0, 0.05) is 23.1 Å². The number of hydrogen-bond acceptors (Lipinski definition) is 1. The van der Waals surface area contributed by atoms with Gasteiger partial charge in [0.2, 0.25) is 0 Å². The van der Waals surface area contributed by atoms with Crippen molar-refractivity contribution in [2.75, 3.05) is 4.90 Å². The normalized spacial score (nSPS) is 13.1. The van der Waals surface area contributed by atoms with Crippen LogP contribution in [0.4, 0.5) is 11.4 Å². The molecule has 0 saturated heterocycles. The Balaban J connectivity index is 1.75. The smallest absolute Gasteiger partial charge is 0.0498 e. The first-order valence-corrected chi connectivity index (χ1v) is 9.86. The minimum absolute atomic E-state index is 1.03. The van der Waals surface area contributed by atoms with Crippen molar-refractivity contribution < 1.29 is 0 Å². The van der Waals surface area contributed by atoms with Crippen LogP contribution in [0, 0.1) is 13.8 Å². The molecule has 0 amide bonds. The zero-order chi connectivity index (χ0) is 19.3. The molecule has 4 rings (SSSR count). The summed E-state index contributed by atoms with van der Waals surface area (Å²) in [6, 6.07) is 26.2. The quantitative estimate of drug-likeness (QED) is 0.434. The second-order valence-electron chi connectivity index (χ2n) is 7.31. The minimum Gasteiger partial charge on any atom is -0.310 e. The third kappa shape index (κ3) is 4.01. The summed E-state index contributed by atoms with van der Waals surface area (Å²) in [6.45, 7) is 4.26. The summed E-state index contributed by atoms with van der Waals surface area (Å²) in [7, 11) is 0. The van der Waals surface area contributed by atoms with Gasteiger partial charge in [-0.2, -0.15) is 0 Å². The third-order valence-corrected chi connectivity index (χ3v) is 5.04. The maximum Gasteiger partial charge on any atom is 0.0498 e. The lowest BCUT2D eigenvalue weighted by Crippen LogP contribution is -2.15. The maximum absolute atomic E-state index is 3.31. The molecule has 138 valence electrons. The van der Waals surface area contributed by atoms with Crippen molar-refractivity contribution in [2.24, 2.45) is 0 Å². The molecular weight excluding hydrogens is 338 g/mol. The first kappa shape index (κ1) is 18.1. The van der Waals surface area contributed by atoms with Gasteiger partial charge >= 0.3 is 0 Å². The van der Waals surface area contributed by atoms with Crippen LogP contribution in [0.25, 0.3) is 11.1 Å². The number of allylic oxidation sites excluding steroid dienone is 2. The lowest BCUT2D eigenvalue weighted by Gasteiger charge is -2.26. The van der Waals surface area contributed by atoms with Crippen molar-refractivity contribution >= 4 is 11.4 Å². The van der Waals surface area contributed by atoms with E-state index in [2.05, 4.69) is 116 Å². The summed E-state index contributed by atoms with van der Waals surface area (Å²) in [5, 5.41) is 0. The molecular formula is C27H25N. The van der Waals surface area contributed by atoms with Gasteiger partial charge in [0.05, 0.1) is 0 Å². The average Bonchev–Trinajstić information content (AvgIpc) is 2.99. The second-order valence-corrected chi connectivity index (χ2v) is 7.31. The van der Waals surface area contributed by atoms with Gasteiger partial charge in [0.1, 0.15) is 0 Å². The van der Waals surface area contributed by atoms with Gasteiger partial charge in [0.25, 0.3) is 0 Å². The highest BCUT2D eigenvalue weighted by Gasteiger charge is 2.14. The monoisotopic (exact) mass is 363 g/mol. The molecule has 0 fully saturated rings.